The number of allylic oxidation sites excluding steroid dienone is 2. The van der Waals surface area contributed by atoms with Gasteiger partial charge in [-0.05, 0) is 13.3 Å². The molecule has 1 aromatic rings. The van der Waals surface area contributed by atoms with Crippen LogP contribution in [0.5, 0.6) is 0 Å². The van der Waals surface area contributed by atoms with Crippen molar-refractivity contribution in [3.8, 4) is 0 Å². The molecule has 92 valence electrons. The van der Waals surface area contributed by atoms with Crippen molar-refractivity contribution >= 4 is 17.3 Å². The largest absolute Gasteiger partial charge is 0.382 e. The van der Waals surface area contributed by atoms with E-state index >= 15 is 0 Å². The lowest BCUT2D eigenvalue weighted by molar-refractivity contribution is 0.653. The normalized spacial score (nSPS) is 10.7. The van der Waals surface area contributed by atoms with Crippen LogP contribution in [0.3, 0.4) is 0 Å². The van der Waals surface area contributed by atoms with Crippen LogP contribution in [-0.4, -0.2) is 16.3 Å². The minimum absolute atomic E-state index is 0.169. The highest BCUT2D eigenvalue weighted by molar-refractivity contribution is 6.32. The maximum atomic E-state index is 11.7. The third-order valence-corrected chi connectivity index (χ3v) is 2.51. The molecule has 0 aliphatic heterocycles. The highest BCUT2D eigenvalue weighted by atomic mass is 35.5. The van der Waals surface area contributed by atoms with Crippen LogP contribution in [0, 0.1) is 0 Å². The molecule has 0 radical (unpaired) electrons. The second-order valence-electron chi connectivity index (χ2n) is 3.43. The maximum absolute atomic E-state index is 11.7. The van der Waals surface area contributed by atoms with Crippen molar-refractivity contribution in [1.82, 2.24) is 9.78 Å². The van der Waals surface area contributed by atoms with Crippen LogP contribution in [0.4, 0.5) is 5.69 Å². The van der Waals surface area contributed by atoms with Crippen molar-refractivity contribution in [2.75, 3.05) is 11.9 Å². The number of nitrogens with zero attached hydrogens (tertiary/aromatic N) is 2. The quantitative estimate of drug-likeness (QED) is 0.626. The van der Waals surface area contributed by atoms with Gasteiger partial charge in [-0.2, -0.15) is 5.10 Å². The number of rotatable bonds is 6. The smallest absolute Gasteiger partial charge is 0.287 e. The molecule has 0 atom stereocenters. The van der Waals surface area contributed by atoms with E-state index in [9.17, 15) is 4.79 Å². The van der Waals surface area contributed by atoms with E-state index in [0.717, 1.165) is 13.0 Å². The monoisotopic (exact) mass is 253 g/mol. The minimum Gasteiger partial charge on any atom is -0.382 e. The van der Waals surface area contributed by atoms with E-state index in [2.05, 4.69) is 17.0 Å². The second-order valence-corrected chi connectivity index (χ2v) is 3.81. The van der Waals surface area contributed by atoms with Crippen molar-refractivity contribution in [2.24, 2.45) is 0 Å². The van der Waals surface area contributed by atoms with Gasteiger partial charge in [0.2, 0.25) is 0 Å². The second kappa shape index (κ2) is 6.91. The molecule has 0 aliphatic carbocycles. The third-order valence-electron chi connectivity index (χ3n) is 2.15. The Kier molecular flexibility index (Phi) is 5.49. The molecule has 0 aromatic carbocycles. The van der Waals surface area contributed by atoms with Gasteiger partial charge in [-0.25, -0.2) is 4.68 Å². The van der Waals surface area contributed by atoms with Gasteiger partial charge < -0.3 is 5.32 Å². The summed E-state index contributed by atoms with van der Waals surface area (Å²) < 4.78 is 1.27. The number of halogens is 1. The minimum atomic E-state index is -0.303. The van der Waals surface area contributed by atoms with Gasteiger partial charge in [0.15, 0.2) is 0 Å². The van der Waals surface area contributed by atoms with Gasteiger partial charge in [0.05, 0.1) is 18.4 Å². The SMILES string of the molecule is C=CCn1ncc(NCC/C=C/C)c(Cl)c1=O. The molecule has 0 saturated heterocycles. The van der Waals surface area contributed by atoms with Crippen molar-refractivity contribution in [3.05, 3.63) is 46.4 Å². The summed E-state index contributed by atoms with van der Waals surface area (Å²) in [5.41, 5.74) is 0.268. The van der Waals surface area contributed by atoms with Gasteiger partial charge in [-0.1, -0.05) is 29.8 Å². The zero-order valence-corrected chi connectivity index (χ0v) is 10.6. The standard InChI is InChI=1S/C12H16ClN3O/c1-3-5-6-7-14-10-9-15-16(8-4-2)12(17)11(10)13/h3-5,9,14H,2,6-8H2,1H3/b5-3+. The van der Waals surface area contributed by atoms with Crippen LogP contribution >= 0.6 is 11.6 Å². The first-order valence-corrected chi connectivity index (χ1v) is 5.80. The molecule has 0 saturated carbocycles. The summed E-state index contributed by atoms with van der Waals surface area (Å²) in [7, 11) is 0. The summed E-state index contributed by atoms with van der Waals surface area (Å²) >= 11 is 5.96. The highest BCUT2D eigenvalue weighted by Crippen LogP contribution is 2.14. The summed E-state index contributed by atoms with van der Waals surface area (Å²) in [6.07, 6.45) is 8.05. The van der Waals surface area contributed by atoms with Gasteiger partial charge in [0.1, 0.15) is 5.02 Å². The van der Waals surface area contributed by atoms with E-state index in [1.54, 1.807) is 12.3 Å². The highest BCUT2D eigenvalue weighted by Gasteiger charge is 2.07. The van der Waals surface area contributed by atoms with Crippen molar-refractivity contribution in [2.45, 2.75) is 19.9 Å². The lowest BCUT2D eigenvalue weighted by Gasteiger charge is -2.08. The Morgan fingerprint density at radius 1 is 1.65 bits per heavy atom. The molecule has 0 bridgehead atoms. The molecular formula is C12H16ClN3O. The van der Waals surface area contributed by atoms with Crippen molar-refractivity contribution in [3.63, 3.8) is 0 Å². The Morgan fingerprint density at radius 3 is 3.06 bits per heavy atom. The molecule has 1 rings (SSSR count). The van der Waals surface area contributed by atoms with Gasteiger partial charge in [-0.15, -0.1) is 6.58 Å². The van der Waals surface area contributed by atoms with Gasteiger partial charge >= 0.3 is 0 Å². The Morgan fingerprint density at radius 2 is 2.41 bits per heavy atom. The van der Waals surface area contributed by atoms with Gasteiger partial charge in [0, 0.05) is 6.54 Å². The van der Waals surface area contributed by atoms with E-state index in [1.807, 2.05) is 19.1 Å². The first-order chi connectivity index (χ1) is 8.20. The Labute approximate surface area is 106 Å². The summed E-state index contributed by atoms with van der Waals surface area (Å²) in [5.74, 6) is 0. The lowest BCUT2D eigenvalue weighted by atomic mass is 10.3. The fourth-order valence-electron chi connectivity index (χ4n) is 1.30. The van der Waals surface area contributed by atoms with E-state index < -0.39 is 0 Å². The topological polar surface area (TPSA) is 46.9 Å². The third kappa shape index (κ3) is 3.75. The molecule has 0 aliphatic rings. The molecule has 17 heavy (non-hydrogen) atoms. The summed E-state index contributed by atoms with van der Waals surface area (Å²) in [6.45, 7) is 6.59. The van der Waals surface area contributed by atoms with Crippen LogP contribution in [0.1, 0.15) is 13.3 Å². The molecule has 0 unspecified atom stereocenters. The average Bonchev–Trinajstić information content (AvgIpc) is 2.33. The molecule has 0 fully saturated rings. The van der Waals surface area contributed by atoms with Crippen LogP contribution < -0.4 is 10.9 Å². The van der Waals surface area contributed by atoms with Crippen molar-refractivity contribution in [1.29, 1.82) is 0 Å². The van der Waals surface area contributed by atoms with Crippen molar-refractivity contribution < 1.29 is 0 Å². The molecule has 0 spiro atoms. The average molecular weight is 254 g/mol. The maximum Gasteiger partial charge on any atom is 0.287 e. The number of aromatic nitrogens is 2. The molecular weight excluding hydrogens is 238 g/mol. The molecule has 1 aromatic heterocycles. The van der Waals surface area contributed by atoms with Gasteiger partial charge in [-0.3, -0.25) is 4.79 Å². The van der Waals surface area contributed by atoms with E-state index in [1.165, 1.54) is 4.68 Å². The van der Waals surface area contributed by atoms with E-state index in [-0.39, 0.29) is 10.6 Å². The Bertz CT molecular complexity index is 465. The number of hydrogen-bond acceptors (Lipinski definition) is 3. The predicted octanol–water partition coefficient (Wildman–Crippen LogP) is 2.46. The Hall–Kier alpha value is -1.55. The first kappa shape index (κ1) is 13.5. The molecule has 5 heteroatoms. The zero-order valence-electron chi connectivity index (χ0n) is 9.82. The zero-order chi connectivity index (χ0) is 12.7. The van der Waals surface area contributed by atoms with E-state index in [4.69, 9.17) is 11.6 Å². The predicted molar refractivity (Wildman–Crippen MR) is 71.6 cm³/mol. The fraction of sp³-hybridized carbons (Fsp3) is 0.333. The van der Waals surface area contributed by atoms with Crippen LogP contribution in [0.15, 0.2) is 35.8 Å². The van der Waals surface area contributed by atoms with Crippen LogP contribution in [0.2, 0.25) is 5.02 Å². The summed E-state index contributed by atoms with van der Waals surface area (Å²) in [4.78, 5) is 11.7. The Balaban J connectivity index is 2.78. The van der Waals surface area contributed by atoms with Crippen LogP contribution in [-0.2, 0) is 6.54 Å². The molecule has 1 N–H and O–H groups in total. The fourth-order valence-corrected chi connectivity index (χ4v) is 1.51. The summed E-state index contributed by atoms with van der Waals surface area (Å²) in [5, 5.41) is 7.24. The summed E-state index contributed by atoms with van der Waals surface area (Å²) in [6, 6.07) is 0. The number of anilines is 1. The molecule has 4 nitrogen and oxygen atoms in total. The van der Waals surface area contributed by atoms with E-state index in [0.29, 0.717) is 12.2 Å². The molecule has 1 heterocycles. The van der Waals surface area contributed by atoms with Gasteiger partial charge in [0.25, 0.3) is 5.56 Å². The number of hydrogen-bond donors (Lipinski definition) is 1. The lowest BCUT2D eigenvalue weighted by Crippen LogP contribution is -2.23. The molecule has 0 amide bonds. The first-order valence-electron chi connectivity index (χ1n) is 5.42. The number of nitrogens with one attached hydrogen (secondary N) is 1. The van der Waals surface area contributed by atoms with Crippen LogP contribution in [0.25, 0.3) is 0 Å².